The van der Waals surface area contributed by atoms with E-state index < -0.39 is 0 Å². The van der Waals surface area contributed by atoms with Crippen LogP contribution in [0.1, 0.15) is 118 Å². The maximum Gasteiger partial charge on any atom is 0.219 e. The molecule has 3 rings (SSSR count). The van der Waals surface area contributed by atoms with Crippen LogP contribution in [-0.4, -0.2) is 0 Å². The van der Waals surface area contributed by atoms with Gasteiger partial charge in [-0.15, -0.1) is 0 Å². The van der Waals surface area contributed by atoms with Crippen molar-refractivity contribution in [3.05, 3.63) is 90.4 Å². The summed E-state index contributed by atoms with van der Waals surface area (Å²) in [5.41, 5.74) is 6.11. The van der Waals surface area contributed by atoms with Crippen LogP contribution >= 0.6 is 23.1 Å². The van der Waals surface area contributed by atoms with Crippen molar-refractivity contribution >= 4 is 29.2 Å². The molecule has 0 saturated heterocycles. The third-order valence-electron chi connectivity index (χ3n) is 6.87. The molecule has 1 aromatic rings. The fourth-order valence-corrected chi connectivity index (χ4v) is 6.74. The molecule has 0 atom stereocenters. The van der Waals surface area contributed by atoms with Crippen LogP contribution in [0.4, 0.5) is 0 Å². The highest BCUT2D eigenvalue weighted by Gasteiger charge is 2.31. The van der Waals surface area contributed by atoms with Crippen LogP contribution in [0.25, 0.3) is 6.08 Å². The van der Waals surface area contributed by atoms with E-state index in [1.165, 1.54) is 48.3 Å². The molecular weight excluding hydrogens is 497 g/mol. The van der Waals surface area contributed by atoms with Gasteiger partial charge in [0.1, 0.15) is 0 Å². The van der Waals surface area contributed by atoms with Crippen LogP contribution in [0.5, 0.6) is 0 Å². The van der Waals surface area contributed by atoms with Gasteiger partial charge in [0, 0.05) is 23.0 Å². The second-order valence-corrected chi connectivity index (χ2v) is 17.2. The highest BCUT2D eigenvalue weighted by Crippen LogP contribution is 2.48. The van der Waals surface area contributed by atoms with Crippen molar-refractivity contribution in [1.29, 1.82) is 0 Å². The topological polar surface area (TPSA) is 0 Å². The highest BCUT2D eigenvalue weighted by atomic mass is 32.2. The number of rotatable bonds is 3. The predicted octanol–water partition coefficient (Wildman–Crippen LogP) is 12.2. The largest absolute Gasteiger partial charge is 0.219 e. The molecule has 0 fully saturated rings. The van der Waals surface area contributed by atoms with Gasteiger partial charge in [-0.25, -0.2) is 0 Å². The van der Waals surface area contributed by atoms with Gasteiger partial charge in [-0.3, -0.25) is 0 Å². The Morgan fingerprint density at radius 1 is 0.632 bits per heavy atom. The van der Waals surface area contributed by atoms with Gasteiger partial charge in [0.05, 0.1) is 0 Å². The minimum absolute atomic E-state index is 0.155. The molecule has 0 saturated carbocycles. The second kappa shape index (κ2) is 11.5. The van der Waals surface area contributed by atoms with Gasteiger partial charge in [-0.2, -0.15) is 0 Å². The highest BCUT2D eigenvalue weighted by molar-refractivity contribution is 8.06. The van der Waals surface area contributed by atoms with Crippen molar-refractivity contribution < 1.29 is 0 Å². The summed E-state index contributed by atoms with van der Waals surface area (Å²) in [5.74, 6) is 0. The molecule has 1 aromatic heterocycles. The zero-order chi connectivity index (χ0) is 28.5. The smallest absolute Gasteiger partial charge is 0.0978 e. The average Bonchev–Trinajstić information content (AvgIpc) is 2.79. The Morgan fingerprint density at radius 2 is 1.16 bits per heavy atom. The quantitative estimate of drug-likeness (QED) is 0.339. The number of thioether (sulfide) groups is 1. The van der Waals surface area contributed by atoms with Crippen LogP contribution in [0.2, 0.25) is 0 Å². The number of hydrogen-bond donors (Lipinski definition) is 0. The summed E-state index contributed by atoms with van der Waals surface area (Å²) in [6.07, 6.45) is 20.1. The lowest BCUT2D eigenvalue weighted by atomic mass is 9.90. The molecule has 1 aliphatic carbocycles. The second-order valence-electron chi connectivity index (χ2n) is 15.1. The molecule has 38 heavy (non-hydrogen) atoms. The fourth-order valence-electron chi connectivity index (χ4n) is 4.26. The maximum absolute atomic E-state index is 2.41. The molecule has 0 spiro atoms. The molecule has 2 heterocycles. The van der Waals surface area contributed by atoms with E-state index in [0.29, 0.717) is 0 Å². The summed E-state index contributed by atoms with van der Waals surface area (Å²) in [7, 11) is 0. The first-order chi connectivity index (χ1) is 17.3. The van der Waals surface area contributed by atoms with E-state index in [0.717, 1.165) is 12.8 Å². The van der Waals surface area contributed by atoms with Crippen molar-refractivity contribution in [3.8, 4) is 0 Å². The van der Waals surface area contributed by atoms with E-state index in [2.05, 4.69) is 138 Å². The molecule has 1 aliphatic heterocycles. The first-order valence-corrected chi connectivity index (χ1v) is 15.9. The first-order valence-electron chi connectivity index (χ1n) is 14.2. The van der Waals surface area contributed by atoms with Gasteiger partial charge >= 0.3 is 0 Å². The Balaban J connectivity index is 1.91. The van der Waals surface area contributed by atoms with Gasteiger partial charge < -0.3 is 0 Å². The SMILES string of the molecule is CC(C)(C)C1=CC(=C/C=C2C=C(/C=C/c3cc(C(C)(C)C)[s+]c(C(C)(C)C)c3)CCC\2)C=C(C(C)(C)C)S1. The lowest BCUT2D eigenvalue weighted by Gasteiger charge is -2.32. The Kier molecular flexibility index (Phi) is 9.32. The van der Waals surface area contributed by atoms with E-state index in [1.807, 2.05) is 23.1 Å². The van der Waals surface area contributed by atoms with Gasteiger partial charge in [0.15, 0.2) is 0 Å². The molecule has 2 aliphatic rings. The summed E-state index contributed by atoms with van der Waals surface area (Å²) >= 11 is 3.92. The van der Waals surface area contributed by atoms with Gasteiger partial charge in [-0.1, -0.05) is 125 Å². The van der Waals surface area contributed by atoms with Crippen molar-refractivity contribution in [3.63, 3.8) is 0 Å². The minimum Gasteiger partial charge on any atom is -0.0978 e. The fraction of sp³-hybridized carbons (Fsp3) is 0.528. The zero-order valence-corrected chi connectivity index (χ0v) is 27.8. The third kappa shape index (κ3) is 8.68. The van der Waals surface area contributed by atoms with Crippen molar-refractivity contribution in [1.82, 2.24) is 0 Å². The molecule has 0 unspecified atom stereocenters. The normalized spacial score (nSPS) is 19.0. The van der Waals surface area contributed by atoms with Crippen LogP contribution < -0.4 is 0 Å². The van der Waals surface area contributed by atoms with Crippen LogP contribution in [-0.2, 0) is 10.8 Å². The van der Waals surface area contributed by atoms with E-state index in [1.54, 1.807) is 0 Å². The van der Waals surface area contributed by atoms with Gasteiger partial charge in [0.2, 0.25) is 21.1 Å². The molecule has 2 heteroatoms. The molecule has 0 aromatic carbocycles. The summed E-state index contributed by atoms with van der Waals surface area (Å²) in [4.78, 5) is 5.80. The first kappa shape index (κ1) is 30.9. The van der Waals surface area contributed by atoms with Crippen molar-refractivity contribution in [2.45, 2.75) is 113 Å². The summed E-state index contributed by atoms with van der Waals surface area (Å²) in [5, 5.41) is 0. The Hall–Kier alpha value is -1.64. The lowest BCUT2D eigenvalue weighted by Crippen LogP contribution is -2.14. The molecule has 0 amide bonds. The average molecular weight is 548 g/mol. The number of allylic oxidation sites excluding steroid dienone is 11. The van der Waals surface area contributed by atoms with E-state index in [9.17, 15) is 0 Å². The van der Waals surface area contributed by atoms with Crippen LogP contribution in [0.15, 0.2) is 75.1 Å². The molecule has 0 nitrogen and oxygen atoms in total. The Labute approximate surface area is 242 Å². The predicted molar refractivity (Wildman–Crippen MR) is 176 cm³/mol. The standard InChI is InChI=1S/C36H51S2/c1-33(2,3)29-21-27(22-30(37-29)34(4,5)6)18-16-25-14-13-15-26(20-25)17-19-28-23-31(35(7,8)9)38-32(24-28)36(10,11)12/h16-24H,13-15H2,1-12H3/q+1. The molecule has 206 valence electrons. The molecule has 0 N–H and O–H groups in total. The summed E-state index contributed by atoms with van der Waals surface area (Å²) < 4.78 is 0. The Morgan fingerprint density at radius 3 is 1.63 bits per heavy atom. The van der Waals surface area contributed by atoms with E-state index in [-0.39, 0.29) is 21.7 Å². The maximum atomic E-state index is 2.41. The lowest BCUT2D eigenvalue weighted by molar-refractivity contribution is 0.521. The molecular formula is C36H51S2+. The summed E-state index contributed by atoms with van der Waals surface area (Å²) in [6.45, 7) is 27.8. The number of hydrogen-bond acceptors (Lipinski definition) is 1. The zero-order valence-electron chi connectivity index (χ0n) is 26.1. The minimum atomic E-state index is 0.155. The van der Waals surface area contributed by atoms with Crippen LogP contribution in [0.3, 0.4) is 0 Å². The van der Waals surface area contributed by atoms with Crippen LogP contribution in [0, 0.1) is 10.8 Å². The Bertz CT molecular complexity index is 1150. The van der Waals surface area contributed by atoms with E-state index in [4.69, 9.17) is 0 Å². The molecule has 0 radical (unpaired) electrons. The van der Waals surface area contributed by atoms with Gasteiger partial charge in [-0.05, 0) is 74.3 Å². The monoisotopic (exact) mass is 547 g/mol. The summed E-state index contributed by atoms with van der Waals surface area (Å²) in [6, 6.07) is 4.78. The van der Waals surface area contributed by atoms with Crippen molar-refractivity contribution in [2.24, 2.45) is 10.8 Å². The molecule has 0 bridgehead atoms. The van der Waals surface area contributed by atoms with Gasteiger partial charge in [0.25, 0.3) is 0 Å². The van der Waals surface area contributed by atoms with Crippen molar-refractivity contribution in [2.75, 3.05) is 0 Å². The van der Waals surface area contributed by atoms with E-state index >= 15 is 0 Å². The third-order valence-corrected chi connectivity index (χ3v) is 10.7.